The summed E-state index contributed by atoms with van der Waals surface area (Å²) < 4.78 is 4.48. The van der Waals surface area contributed by atoms with Gasteiger partial charge in [-0.1, -0.05) is 6.07 Å². The van der Waals surface area contributed by atoms with Crippen LogP contribution < -0.4 is 5.32 Å². The van der Waals surface area contributed by atoms with Crippen molar-refractivity contribution in [3.63, 3.8) is 0 Å². The number of nitro benzene ring substituents is 1. The Labute approximate surface area is 120 Å². The van der Waals surface area contributed by atoms with Gasteiger partial charge in [-0.15, -0.1) is 0 Å². The smallest absolute Gasteiger partial charge is 0.311 e. The summed E-state index contributed by atoms with van der Waals surface area (Å²) in [6.07, 6.45) is 1.36. The lowest BCUT2D eigenvalue weighted by atomic mass is 10.1. The van der Waals surface area contributed by atoms with Crippen LogP contribution in [0.3, 0.4) is 0 Å². The van der Waals surface area contributed by atoms with Crippen LogP contribution in [-0.4, -0.2) is 35.6 Å². The van der Waals surface area contributed by atoms with E-state index in [0.717, 1.165) is 6.07 Å². The zero-order valence-electron chi connectivity index (χ0n) is 11.5. The number of rotatable bonds is 7. The molecular weight excluding hydrogens is 280 g/mol. The quantitative estimate of drug-likeness (QED) is 0.339. The summed E-state index contributed by atoms with van der Waals surface area (Å²) in [5.41, 5.74) is -0.675. The van der Waals surface area contributed by atoms with Crippen molar-refractivity contribution in [2.45, 2.75) is 19.3 Å². The van der Waals surface area contributed by atoms with E-state index in [1.807, 2.05) is 0 Å². The SMILES string of the molecule is COC(=O)CCCCNC(=O)c1cccc([N+](=O)[O-])c1O. The van der Waals surface area contributed by atoms with E-state index in [2.05, 4.69) is 10.1 Å². The lowest BCUT2D eigenvalue weighted by Gasteiger charge is -2.06. The topological polar surface area (TPSA) is 119 Å². The number of phenolic OH excluding ortho intramolecular Hbond substituents is 1. The number of phenols is 1. The fraction of sp³-hybridized carbons (Fsp3) is 0.385. The van der Waals surface area contributed by atoms with Gasteiger partial charge < -0.3 is 15.2 Å². The summed E-state index contributed by atoms with van der Waals surface area (Å²) in [5.74, 6) is -1.58. The number of esters is 1. The Morgan fingerprint density at radius 3 is 2.71 bits per heavy atom. The minimum atomic E-state index is -0.761. The summed E-state index contributed by atoms with van der Waals surface area (Å²) in [6.45, 7) is 0.290. The first-order valence-corrected chi connectivity index (χ1v) is 6.28. The Bertz CT molecular complexity index is 543. The number of nitro groups is 1. The van der Waals surface area contributed by atoms with Gasteiger partial charge in [0.1, 0.15) is 0 Å². The van der Waals surface area contributed by atoms with E-state index in [1.54, 1.807) is 0 Å². The average molecular weight is 296 g/mol. The minimum absolute atomic E-state index is 0.155. The number of para-hydroxylation sites is 1. The molecule has 0 spiro atoms. The van der Waals surface area contributed by atoms with Crippen LogP contribution in [0.5, 0.6) is 5.75 Å². The van der Waals surface area contributed by atoms with E-state index >= 15 is 0 Å². The summed E-state index contributed by atoms with van der Waals surface area (Å²) in [5, 5.41) is 22.9. The molecule has 2 N–H and O–H groups in total. The Balaban J connectivity index is 2.51. The molecule has 1 aromatic rings. The number of nitrogens with one attached hydrogen (secondary N) is 1. The molecule has 1 aromatic carbocycles. The predicted molar refractivity (Wildman–Crippen MR) is 73.0 cm³/mol. The Hall–Kier alpha value is -2.64. The third kappa shape index (κ3) is 4.75. The van der Waals surface area contributed by atoms with Crippen LogP contribution in [0.2, 0.25) is 0 Å². The van der Waals surface area contributed by atoms with Crippen LogP contribution in [-0.2, 0) is 9.53 Å². The number of hydrogen-bond donors (Lipinski definition) is 2. The highest BCUT2D eigenvalue weighted by molar-refractivity contribution is 5.98. The van der Waals surface area contributed by atoms with Crippen molar-refractivity contribution in [2.24, 2.45) is 0 Å². The van der Waals surface area contributed by atoms with Crippen molar-refractivity contribution >= 4 is 17.6 Å². The van der Waals surface area contributed by atoms with Crippen molar-refractivity contribution in [1.82, 2.24) is 5.32 Å². The lowest BCUT2D eigenvalue weighted by molar-refractivity contribution is -0.385. The summed E-state index contributed by atoms with van der Waals surface area (Å²) in [6, 6.07) is 3.73. The number of hydrogen-bond acceptors (Lipinski definition) is 6. The second-order valence-corrected chi connectivity index (χ2v) is 4.22. The molecule has 0 aromatic heterocycles. The molecule has 0 radical (unpaired) electrons. The van der Waals surface area contributed by atoms with Crippen LogP contribution in [0.4, 0.5) is 5.69 Å². The van der Waals surface area contributed by atoms with Crippen LogP contribution in [0.15, 0.2) is 18.2 Å². The third-order valence-corrected chi connectivity index (χ3v) is 2.78. The summed E-state index contributed by atoms with van der Waals surface area (Å²) in [4.78, 5) is 32.6. The normalized spacial score (nSPS) is 9.95. The second-order valence-electron chi connectivity index (χ2n) is 4.22. The number of carbonyl (C=O) groups is 2. The van der Waals surface area contributed by atoms with E-state index in [0.29, 0.717) is 12.8 Å². The highest BCUT2D eigenvalue weighted by atomic mass is 16.6. The highest BCUT2D eigenvalue weighted by Crippen LogP contribution is 2.28. The molecule has 0 saturated carbocycles. The lowest BCUT2D eigenvalue weighted by Crippen LogP contribution is -2.24. The third-order valence-electron chi connectivity index (χ3n) is 2.78. The van der Waals surface area contributed by atoms with Crippen LogP contribution in [0, 0.1) is 10.1 Å². The first-order valence-electron chi connectivity index (χ1n) is 6.28. The van der Waals surface area contributed by atoms with Gasteiger partial charge in [-0.05, 0) is 18.9 Å². The van der Waals surface area contributed by atoms with Crippen LogP contribution in [0.1, 0.15) is 29.6 Å². The molecule has 0 aliphatic heterocycles. The maximum absolute atomic E-state index is 11.8. The van der Waals surface area contributed by atoms with E-state index in [1.165, 1.54) is 19.2 Å². The predicted octanol–water partition coefficient (Wildman–Crippen LogP) is 1.37. The monoisotopic (exact) mass is 296 g/mol. The molecule has 114 valence electrons. The fourth-order valence-corrected chi connectivity index (χ4v) is 1.66. The maximum Gasteiger partial charge on any atom is 0.311 e. The van der Waals surface area contributed by atoms with Gasteiger partial charge in [0.25, 0.3) is 5.91 Å². The molecule has 8 nitrogen and oxygen atoms in total. The minimum Gasteiger partial charge on any atom is -0.502 e. The molecule has 1 amide bonds. The van der Waals surface area contributed by atoms with E-state index in [-0.39, 0.29) is 24.5 Å². The standard InChI is InChI=1S/C13H16N2O6/c1-21-11(16)7-2-3-8-14-13(18)9-5-4-6-10(12(9)17)15(19)20/h4-6,17H,2-3,7-8H2,1H3,(H,14,18). The number of amides is 1. The molecule has 21 heavy (non-hydrogen) atoms. The molecule has 8 heteroatoms. The number of unbranched alkanes of at least 4 members (excludes halogenated alkanes) is 1. The van der Waals surface area contributed by atoms with Gasteiger partial charge in [-0.2, -0.15) is 0 Å². The Morgan fingerprint density at radius 2 is 2.10 bits per heavy atom. The summed E-state index contributed by atoms with van der Waals surface area (Å²) >= 11 is 0. The first kappa shape index (κ1) is 16.4. The van der Waals surface area contributed by atoms with Gasteiger partial charge in [0.15, 0.2) is 0 Å². The van der Waals surface area contributed by atoms with E-state index in [9.17, 15) is 24.8 Å². The Kier molecular flexibility index (Phi) is 6.12. The molecule has 0 saturated heterocycles. The first-order chi connectivity index (χ1) is 9.97. The van der Waals surface area contributed by atoms with Gasteiger partial charge in [0, 0.05) is 19.0 Å². The number of nitrogens with zero attached hydrogens (tertiary/aromatic N) is 1. The van der Waals surface area contributed by atoms with Crippen LogP contribution in [0.25, 0.3) is 0 Å². The highest BCUT2D eigenvalue weighted by Gasteiger charge is 2.20. The molecule has 0 bridgehead atoms. The van der Waals surface area contributed by atoms with Crippen molar-refractivity contribution < 1.29 is 24.4 Å². The number of methoxy groups -OCH3 is 1. The van der Waals surface area contributed by atoms with Gasteiger partial charge >= 0.3 is 11.7 Å². The maximum atomic E-state index is 11.8. The zero-order valence-corrected chi connectivity index (χ0v) is 11.5. The largest absolute Gasteiger partial charge is 0.502 e. The average Bonchev–Trinajstić information content (AvgIpc) is 2.46. The van der Waals surface area contributed by atoms with E-state index in [4.69, 9.17) is 0 Å². The molecule has 0 unspecified atom stereocenters. The number of aromatic hydroxyl groups is 1. The van der Waals surface area contributed by atoms with Crippen molar-refractivity contribution in [3.05, 3.63) is 33.9 Å². The Morgan fingerprint density at radius 1 is 1.38 bits per heavy atom. The van der Waals surface area contributed by atoms with Crippen LogP contribution >= 0.6 is 0 Å². The molecule has 0 atom stereocenters. The zero-order chi connectivity index (χ0) is 15.8. The van der Waals surface area contributed by atoms with Gasteiger partial charge in [0.2, 0.25) is 5.75 Å². The molecule has 0 aliphatic carbocycles. The fourth-order valence-electron chi connectivity index (χ4n) is 1.66. The van der Waals surface area contributed by atoms with E-state index < -0.39 is 22.3 Å². The van der Waals surface area contributed by atoms with Gasteiger partial charge in [-0.25, -0.2) is 0 Å². The van der Waals surface area contributed by atoms with Gasteiger partial charge in [-0.3, -0.25) is 19.7 Å². The van der Waals surface area contributed by atoms with Crippen molar-refractivity contribution in [1.29, 1.82) is 0 Å². The molecule has 0 heterocycles. The van der Waals surface area contributed by atoms with Gasteiger partial charge in [0.05, 0.1) is 17.6 Å². The number of carbonyl (C=O) groups excluding carboxylic acids is 2. The molecular formula is C13H16N2O6. The molecule has 1 rings (SSSR count). The number of benzene rings is 1. The van der Waals surface area contributed by atoms with Crippen molar-refractivity contribution in [2.75, 3.05) is 13.7 Å². The molecule has 0 fully saturated rings. The van der Waals surface area contributed by atoms with Crippen molar-refractivity contribution in [3.8, 4) is 5.75 Å². The number of ether oxygens (including phenoxy) is 1. The molecule has 0 aliphatic rings. The summed E-state index contributed by atoms with van der Waals surface area (Å²) in [7, 11) is 1.30. The second kappa shape index (κ2) is 7.83.